The Kier molecular flexibility index (Phi) is 4.41. The van der Waals surface area contributed by atoms with Crippen LogP contribution in [0, 0.1) is 0 Å². The maximum Gasteiger partial charge on any atom is 0.0682 e. The lowest BCUT2D eigenvalue weighted by Gasteiger charge is -2.38. The Hall–Kier alpha value is -2.88. The minimum atomic E-state index is -1.87. The molecule has 0 bridgehead atoms. The predicted octanol–water partition coefficient (Wildman–Crippen LogP) is 0.223. The molecule has 1 atom stereocenters. The molecule has 2 rings (SSSR count). The Morgan fingerprint density at radius 2 is 1.41 bits per heavy atom. The second-order valence-electron chi connectivity index (χ2n) is 4.99. The van der Waals surface area contributed by atoms with Crippen molar-refractivity contribution >= 4 is 11.9 Å². The maximum atomic E-state index is 11.9. The molecule has 0 heterocycles. The van der Waals surface area contributed by atoms with Crippen molar-refractivity contribution in [2.24, 2.45) is 0 Å². The van der Waals surface area contributed by atoms with Crippen LogP contribution in [0.15, 0.2) is 72.8 Å². The number of carbonyl (C=O) groups is 2. The molecule has 0 aliphatic heterocycles. The van der Waals surface area contributed by atoms with Crippen molar-refractivity contribution in [2.75, 3.05) is 0 Å². The summed E-state index contributed by atoms with van der Waals surface area (Å²) in [5.41, 5.74) is -1.44. The molecular weight excluding hydrogens is 280 g/mol. The minimum absolute atomic E-state index is 0.0764. The van der Waals surface area contributed by atoms with E-state index in [-0.39, 0.29) is 6.42 Å². The molecule has 0 fully saturated rings. The van der Waals surface area contributed by atoms with Gasteiger partial charge in [0.2, 0.25) is 0 Å². The van der Waals surface area contributed by atoms with Crippen LogP contribution in [-0.4, -0.2) is 11.9 Å². The van der Waals surface area contributed by atoms with Crippen LogP contribution in [-0.2, 0) is 21.4 Å². The van der Waals surface area contributed by atoms with Gasteiger partial charge in [0, 0.05) is 0 Å². The van der Waals surface area contributed by atoms with E-state index in [1.807, 2.05) is 0 Å². The van der Waals surface area contributed by atoms with E-state index < -0.39 is 22.9 Å². The molecule has 112 valence electrons. The van der Waals surface area contributed by atoms with Crippen molar-refractivity contribution in [3.63, 3.8) is 0 Å². The van der Waals surface area contributed by atoms with Gasteiger partial charge < -0.3 is 19.8 Å². The number of carboxylic acid groups (broad SMARTS) is 2. The highest BCUT2D eigenvalue weighted by atomic mass is 16.4. The summed E-state index contributed by atoms with van der Waals surface area (Å²) >= 11 is 0. The normalized spacial score (nSPS) is 13.1. The van der Waals surface area contributed by atoms with E-state index in [1.165, 1.54) is 0 Å². The van der Waals surface area contributed by atoms with Crippen molar-refractivity contribution < 1.29 is 19.8 Å². The number of hydrogen-bond donors (Lipinski definition) is 0. The van der Waals surface area contributed by atoms with Gasteiger partial charge in [-0.1, -0.05) is 67.2 Å². The molecule has 0 spiro atoms. The summed E-state index contributed by atoms with van der Waals surface area (Å²) in [5, 5.41) is 23.2. The molecule has 0 aliphatic rings. The van der Waals surface area contributed by atoms with Crippen LogP contribution in [0.3, 0.4) is 0 Å². The number of aliphatic carboxylic acids is 2. The molecular formula is C18H14O4-2. The first-order valence-corrected chi connectivity index (χ1v) is 6.70. The van der Waals surface area contributed by atoms with Gasteiger partial charge in [-0.05, 0) is 23.1 Å². The fourth-order valence-electron chi connectivity index (χ4n) is 2.50. The van der Waals surface area contributed by atoms with Crippen molar-refractivity contribution in [3.8, 4) is 0 Å². The van der Waals surface area contributed by atoms with Gasteiger partial charge in [-0.15, -0.1) is 0 Å². The number of carboxylic acids is 2. The molecule has 22 heavy (non-hydrogen) atoms. The highest BCUT2D eigenvalue weighted by Crippen LogP contribution is 2.34. The molecule has 4 heteroatoms. The van der Waals surface area contributed by atoms with E-state index in [4.69, 9.17) is 0 Å². The summed E-state index contributed by atoms with van der Waals surface area (Å²) in [7, 11) is 0. The smallest absolute Gasteiger partial charge is 0.0682 e. The maximum absolute atomic E-state index is 11.9. The Bertz CT molecular complexity index is 692. The molecule has 1 unspecified atom stereocenters. The number of hydrogen-bond acceptors (Lipinski definition) is 4. The summed E-state index contributed by atoms with van der Waals surface area (Å²) in [6.45, 7) is 3.44. The third-order valence-corrected chi connectivity index (χ3v) is 3.69. The predicted molar refractivity (Wildman–Crippen MR) is 77.4 cm³/mol. The van der Waals surface area contributed by atoms with Crippen LogP contribution in [0.25, 0.3) is 0 Å². The van der Waals surface area contributed by atoms with Gasteiger partial charge in [0.05, 0.1) is 17.4 Å². The second-order valence-corrected chi connectivity index (χ2v) is 4.99. The average Bonchev–Trinajstić information content (AvgIpc) is 2.53. The zero-order chi connectivity index (χ0) is 16.2. The van der Waals surface area contributed by atoms with Crippen LogP contribution < -0.4 is 10.2 Å². The summed E-state index contributed by atoms with van der Waals surface area (Å²) < 4.78 is 0. The van der Waals surface area contributed by atoms with E-state index in [2.05, 4.69) is 6.58 Å². The molecule has 0 N–H and O–H groups in total. The van der Waals surface area contributed by atoms with Gasteiger partial charge in [0.25, 0.3) is 0 Å². The molecule has 0 saturated heterocycles. The van der Waals surface area contributed by atoms with Gasteiger partial charge in [-0.2, -0.15) is 0 Å². The molecule has 0 saturated carbocycles. The number of benzene rings is 2. The molecule has 2 aromatic carbocycles. The molecule has 2 aromatic rings. The van der Waals surface area contributed by atoms with Crippen molar-refractivity contribution in [2.45, 2.75) is 11.8 Å². The monoisotopic (exact) mass is 294 g/mol. The fraction of sp³-hybridized carbons (Fsp3) is 0.111. The Morgan fingerprint density at radius 3 is 1.86 bits per heavy atom. The molecule has 0 radical (unpaired) electrons. The SMILES string of the molecule is C=C(C(=O)[O-])C(Cc1ccccc1)(C(=O)[O-])c1ccccc1. The highest BCUT2D eigenvalue weighted by molar-refractivity contribution is 5.98. The van der Waals surface area contributed by atoms with Crippen LogP contribution in [0.4, 0.5) is 0 Å². The third-order valence-electron chi connectivity index (χ3n) is 3.69. The Labute approximate surface area is 128 Å². The van der Waals surface area contributed by atoms with Gasteiger partial charge >= 0.3 is 0 Å². The van der Waals surface area contributed by atoms with E-state index in [0.29, 0.717) is 11.1 Å². The van der Waals surface area contributed by atoms with E-state index in [1.54, 1.807) is 60.7 Å². The zero-order valence-electron chi connectivity index (χ0n) is 11.8. The average molecular weight is 294 g/mol. The quantitative estimate of drug-likeness (QED) is 0.714. The lowest BCUT2D eigenvalue weighted by molar-refractivity contribution is -0.317. The van der Waals surface area contributed by atoms with E-state index >= 15 is 0 Å². The zero-order valence-corrected chi connectivity index (χ0v) is 11.8. The van der Waals surface area contributed by atoms with E-state index in [9.17, 15) is 19.8 Å². The van der Waals surface area contributed by atoms with Gasteiger partial charge in [-0.3, -0.25) is 0 Å². The van der Waals surface area contributed by atoms with Crippen LogP contribution >= 0.6 is 0 Å². The summed E-state index contributed by atoms with van der Waals surface area (Å²) in [6.07, 6.45) is -0.0764. The Morgan fingerprint density at radius 1 is 0.909 bits per heavy atom. The fourth-order valence-corrected chi connectivity index (χ4v) is 2.50. The second kappa shape index (κ2) is 6.26. The first-order valence-electron chi connectivity index (χ1n) is 6.70. The number of carbonyl (C=O) groups excluding carboxylic acids is 2. The van der Waals surface area contributed by atoms with Gasteiger partial charge in [0.15, 0.2) is 0 Å². The highest BCUT2D eigenvalue weighted by Gasteiger charge is 2.37. The van der Waals surface area contributed by atoms with Crippen LogP contribution in [0.5, 0.6) is 0 Å². The summed E-state index contributed by atoms with van der Waals surface area (Å²) in [6, 6.07) is 16.8. The molecule has 0 aliphatic carbocycles. The topological polar surface area (TPSA) is 80.3 Å². The largest absolute Gasteiger partial charge is 0.549 e. The lowest BCUT2D eigenvalue weighted by Crippen LogP contribution is -2.52. The van der Waals surface area contributed by atoms with Gasteiger partial charge in [0.1, 0.15) is 0 Å². The third kappa shape index (κ3) is 2.76. The van der Waals surface area contributed by atoms with Crippen LogP contribution in [0.1, 0.15) is 11.1 Å². The van der Waals surface area contributed by atoms with Crippen LogP contribution in [0.2, 0.25) is 0 Å². The molecule has 4 nitrogen and oxygen atoms in total. The standard InChI is InChI=1S/C18H16O4/c1-13(16(19)20)18(17(21)22,15-10-6-3-7-11-15)12-14-8-4-2-5-9-14/h2-11H,1,12H2,(H,19,20)(H,21,22)/p-2. The first-order chi connectivity index (χ1) is 10.5. The number of rotatable bonds is 6. The molecule has 0 aromatic heterocycles. The van der Waals surface area contributed by atoms with Crippen molar-refractivity contribution in [1.82, 2.24) is 0 Å². The summed E-state index contributed by atoms with van der Waals surface area (Å²) in [4.78, 5) is 23.2. The van der Waals surface area contributed by atoms with Crippen molar-refractivity contribution in [1.29, 1.82) is 0 Å². The van der Waals surface area contributed by atoms with E-state index in [0.717, 1.165) is 0 Å². The lowest BCUT2D eigenvalue weighted by atomic mass is 9.70. The Balaban J connectivity index is 2.63. The first kappa shape index (κ1) is 15.5. The minimum Gasteiger partial charge on any atom is -0.549 e. The molecule has 0 amide bonds. The summed E-state index contributed by atoms with van der Waals surface area (Å²) in [5.74, 6) is -3.12. The van der Waals surface area contributed by atoms with Crippen molar-refractivity contribution in [3.05, 3.63) is 83.9 Å². The van der Waals surface area contributed by atoms with Gasteiger partial charge in [-0.25, -0.2) is 0 Å².